The van der Waals surface area contributed by atoms with Crippen LogP contribution in [0.4, 0.5) is 5.82 Å². The van der Waals surface area contributed by atoms with Crippen molar-refractivity contribution in [3.8, 4) is 0 Å². The molecule has 0 bridgehead atoms. The minimum Gasteiger partial charge on any atom is -0.352 e. The highest BCUT2D eigenvalue weighted by molar-refractivity contribution is 9.10. The molecule has 0 unspecified atom stereocenters. The van der Waals surface area contributed by atoms with Crippen LogP contribution < -0.4 is 16.6 Å². The highest BCUT2D eigenvalue weighted by Crippen LogP contribution is 2.16. The maximum atomic E-state index is 11.8. The quantitative estimate of drug-likeness (QED) is 0.437. The fourth-order valence-corrected chi connectivity index (χ4v) is 1.53. The summed E-state index contributed by atoms with van der Waals surface area (Å²) in [5.74, 6) is 5.49. The topological polar surface area (TPSA) is 80.0 Å². The monoisotopic (exact) mass is 286 g/mol. The molecule has 0 saturated heterocycles. The number of carbonyl (C=O) groups is 1. The first-order valence-electron chi connectivity index (χ1n) is 5.09. The van der Waals surface area contributed by atoms with Gasteiger partial charge in [-0.2, -0.15) is 0 Å². The molecule has 5 nitrogen and oxygen atoms in total. The number of hydrazine groups is 1. The van der Waals surface area contributed by atoms with E-state index in [1.807, 2.05) is 0 Å². The van der Waals surface area contributed by atoms with Crippen molar-refractivity contribution in [2.45, 2.75) is 19.8 Å². The molecule has 16 heavy (non-hydrogen) atoms. The molecule has 0 fully saturated rings. The number of anilines is 1. The second-order valence-electron chi connectivity index (χ2n) is 3.30. The summed E-state index contributed by atoms with van der Waals surface area (Å²) in [5, 5.41) is 2.81. The average Bonchev–Trinajstić information content (AvgIpc) is 2.29. The van der Waals surface area contributed by atoms with E-state index in [9.17, 15) is 4.79 Å². The number of nitrogens with one attached hydrogen (secondary N) is 2. The van der Waals surface area contributed by atoms with Crippen LogP contribution in [0.5, 0.6) is 0 Å². The first-order valence-corrected chi connectivity index (χ1v) is 5.88. The molecule has 0 aliphatic carbocycles. The SMILES string of the molecule is CCCCNC(=O)c1cc(Br)cnc1NN. The van der Waals surface area contributed by atoms with E-state index >= 15 is 0 Å². The van der Waals surface area contributed by atoms with E-state index in [0.717, 1.165) is 17.3 Å². The van der Waals surface area contributed by atoms with Gasteiger partial charge in [-0.05, 0) is 28.4 Å². The summed E-state index contributed by atoms with van der Waals surface area (Å²) in [4.78, 5) is 15.8. The number of pyridine rings is 1. The number of nitrogens with two attached hydrogens (primary N) is 1. The molecule has 0 radical (unpaired) electrons. The second-order valence-corrected chi connectivity index (χ2v) is 4.22. The normalized spacial score (nSPS) is 9.94. The zero-order valence-corrected chi connectivity index (χ0v) is 10.7. The van der Waals surface area contributed by atoms with E-state index in [1.54, 1.807) is 12.3 Å². The van der Waals surface area contributed by atoms with Crippen molar-refractivity contribution in [1.29, 1.82) is 0 Å². The Hall–Kier alpha value is -1.14. The molecule has 0 aliphatic heterocycles. The fourth-order valence-electron chi connectivity index (χ4n) is 1.20. The van der Waals surface area contributed by atoms with Crippen LogP contribution in [0, 0.1) is 0 Å². The van der Waals surface area contributed by atoms with Crippen molar-refractivity contribution in [2.75, 3.05) is 12.0 Å². The van der Waals surface area contributed by atoms with Crippen LogP contribution in [0.15, 0.2) is 16.7 Å². The summed E-state index contributed by atoms with van der Waals surface area (Å²) in [5.41, 5.74) is 2.84. The molecule has 1 amide bonds. The summed E-state index contributed by atoms with van der Waals surface area (Å²) < 4.78 is 0.743. The number of nitrogen functional groups attached to an aromatic ring is 1. The predicted octanol–water partition coefficient (Wildman–Crippen LogP) is 1.66. The molecule has 0 aromatic carbocycles. The van der Waals surface area contributed by atoms with Gasteiger partial charge in [0.25, 0.3) is 5.91 Å². The van der Waals surface area contributed by atoms with Gasteiger partial charge in [0.2, 0.25) is 0 Å². The fraction of sp³-hybridized carbons (Fsp3) is 0.400. The Kier molecular flexibility index (Phi) is 5.21. The van der Waals surface area contributed by atoms with Gasteiger partial charge in [-0.25, -0.2) is 10.8 Å². The number of carbonyl (C=O) groups excluding carboxylic acids is 1. The molecule has 0 saturated carbocycles. The largest absolute Gasteiger partial charge is 0.352 e. The molecule has 0 atom stereocenters. The van der Waals surface area contributed by atoms with Gasteiger partial charge in [-0.3, -0.25) is 4.79 Å². The van der Waals surface area contributed by atoms with Crippen molar-refractivity contribution in [3.05, 3.63) is 22.3 Å². The number of unbranched alkanes of at least 4 members (excludes halogenated alkanes) is 1. The first kappa shape index (κ1) is 12.9. The summed E-state index contributed by atoms with van der Waals surface area (Å²) in [6, 6.07) is 1.68. The molecule has 1 rings (SSSR count). The molecule has 0 aliphatic rings. The summed E-state index contributed by atoms with van der Waals surface area (Å²) >= 11 is 3.26. The highest BCUT2D eigenvalue weighted by Gasteiger charge is 2.11. The van der Waals surface area contributed by atoms with E-state index in [0.29, 0.717) is 17.9 Å². The molecular weight excluding hydrogens is 272 g/mol. The lowest BCUT2D eigenvalue weighted by Crippen LogP contribution is -2.26. The number of nitrogens with zero attached hydrogens (tertiary/aromatic N) is 1. The lowest BCUT2D eigenvalue weighted by atomic mass is 10.2. The van der Waals surface area contributed by atoms with Gasteiger partial charge < -0.3 is 10.7 Å². The maximum absolute atomic E-state index is 11.8. The maximum Gasteiger partial charge on any atom is 0.255 e. The predicted molar refractivity (Wildman–Crippen MR) is 67.0 cm³/mol. The average molecular weight is 287 g/mol. The highest BCUT2D eigenvalue weighted by atomic mass is 79.9. The first-order chi connectivity index (χ1) is 7.69. The van der Waals surface area contributed by atoms with Gasteiger partial charge in [0.1, 0.15) is 0 Å². The molecule has 0 spiro atoms. The Balaban J connectivity index is 2.76. The Labute approximate surface area is 103 Å². The molecule has 1 aromatic heterocycles. The summed E-state index contributed by atoms with van der Waals surface area (Å²) in [6.07, 6.45) is 3.58. The van der Waals surface area contributed by atoms with E-state index in [4.69, 9.17) is 5.84 Å². The van der Waals surface area contributed by atoms with Gasteiger partial charge >= 0.3 is 0 Å². The third-order valence-corrected chi connectivity index (χ3v) is 2.49. The summed E-state index contributed by atoms with van der Waals surface area (Å²) in [6.45, 7) is 2.73. The summed E-state index contributed by atoms with van der Waals surface area (Å²) in [7, 11) is 0. The van der Waals surface area contributed by atoms with Gasteiger partial charge in [-0.15, -0.1) is 0 Å². The minimum absolute atomic E-state index is 0.171. The Morgan fingerprint density at radius 1 is 1.62 bits per heavy atom. The van der Waals surface area contributed by atoms with E-state index in [2.05, 4.69) is 38.6 Å². The van der Waals surface area contributed by atoms with E-state index < -0.39 is 0 Å². The van der Waals surface area contributed by atoms with Crippen molar-refractivity contribution in [2.24, 2.45) is 5.84 Å². The molecule has 4 N–H and O–H groups in total. The lowest BCUT2D eigenvalue weighted by Gasteiger charge is -2.08. The van der Waals surface area contributed by atoms with Gasteiger partial charge in [0.05, 0.1) is 5.56 Å². The standard InChI is InChI=1S/C10H15BrN4O/c1-2-3-4-13-10(16)8-5-7(11)6-14-9(8)15-12/h5-6H,2-4,12H2,1H3,(H,13,16)(H,14,15). The van der Waals surface area contributed by atoms with Crippen LogP contribution in [-0.2, 0) is 0 Å². The number of hydrogen-bond acceptors (Lipinski definition) is 4. The number of aromatic nitrogens is 1. The van der Waals surface area contributed by atoms with Crippen LogP contribution in [0.3, 0.4) is 0 Å². The molecule has 88 valence electrons. The van der Waals surface area contributed by atoms with E-state index in [-0.39, 0.29) is 5.91 Å². The van der Waals surface area contributed by atoms with Crippen molar-refractivity contribution < 1.29 is 4.79 Å². The number of rotatable bonds is 5. The zero-order chi connectivity index (χ0) is 12.0. The van der Waals surface area contributed by atoms with Gasteiger partial charge in [-0.1, -0.05) is 13.3 Å². The van der Waals surface area contributed by atoms with Crippen molar-refractivity contribution in [3.63, 3.8) is 0 Å². The Bertz CT molecular complexity index is 370. The van der Waals surface area contributed by atoms with Crippen molar-refractivity contribution in [1.82, 2.24) is 10.3 Å². The molecule has 6 heteroatoms. The number of hydrogen-bond donors (Lipinski definition) is 3. The zero-order valence-electron chi connectivity index (χ0n) is 9.09. The lowest BCUT2D eigenvalue weighted by molar-refractivity contribution is 0.0953. The van der Waals surface area contributed by atoms with Crippen LogP contribution >= 0.6 is 15.9 Å². The Morgan fingerprint density at radius 2 is 2.38 bits per heavy atom. The van der Waals surface area contributed by atoms with E-state index in [1.165, 1.54) is 0 Å². The second kappa shape index (κ2) is 6.44. The molecule has 1 aromatic rings. The van der Waals surface area contributed by atoms with Crippen LogP contribution in [0.1, 0.15) is 30.1 Å². The minimum atomic E-state index is -0.171. The molecule has 1 heterocycles. The van der Waals surface area contributed by atoms with Crippen LogP contribution in [0.25, 0.3) is 0 Å². The third kappa shape index (κ3) is 3.46. The smallest absolute Gasteiger partial charge is 0.255 e. The third-order valence-electron chi connectivity index (χ3n) is 2.05. The van der Waals surface area contributed by atoms with Gasteiger partial charge in [0.15, 0.2) is 5.82 Å². The number of amides is 1. The van der Waals surface area contributed by atoms with Crippen molar-refractivity contribution >= 4 is 27.7 Å². The van der Waals surface area contributed by atoms with Crippen LogP contribution in [-0.4, -0.2) is 17.4 Å². The Morgan fingerprint density at radius 3 is 3.00 bits per heavy atom. The molecular formula is C10H15BrN4O. The van der Waals surface area contributed by atoms with Gasteiger partial charge in [0, 0.05) is 17.2 Å². The van der Waals surface area contributed by atoms with Crippen LogP contribution in [0.2, 0.25) is 0 Å². The number of halogens is 1.